The Morgan fingerprint density at radius 1 is 1.27 bits per heavy atom. The lowest BCUT2D eigenvalue weighted by Gasteiger charge is -2.38. The van der Waals surface area contributed by atoms with Crippen LogP contribution in [0.25, 0.3) is 0 Å². The van der Waals surface area contributed by atoms with Gasteiger partial charge in [0, 0.05) is 27.2 Å². The molecule has 2 fully saturated rings. The van der Waals surface area contributed by atoms with Crippen molar-refractivity contribution in [3.8, 4) is 0 Å². The van der Waals surface area contributed by atoms with E-state index in [4.69, 9.17) is 4.74 Å². The maximum atomic E-state index is 13.8. The predicted octanol–water partition coefficient (Wildman–Crippen LogP) is 1.92. The number of benzene rings is 1. The molecule has 26 heavy (non-hydrogen) atoms. The highest BCUT2D eigenvalue weighted by Crippen LogP contribution is 2.40. The van der Waals surface area contributed by atoms with Gasteiger partial charge in [0.25, 0.3) is 5.91 Å². The van der Waals surface area contributed by atoms with Crippen LogP contribution >= 0.6 is 0 Å². The Labute approximate surface area is 154 Å². The van der Waals surface area contributed by atoms with Crippen molar-refractivity contribution in [1.29, 1.82) is 0 Å². The van der Waals surface area contributed by atoms with Crippen LogP contribution in [-0.2, 0) is 19.6 Å². The number of hydrogen-bond donors (Lipinski definition) is 0. The number of sulfonamides is 1. The molecule has 1 atom stereocenters. The van der Waals surface area contributed by atoms with Crippen molar-refractivity contribution in [2.75, 3.05) is 27.2 Å². The molecule has 3 rings (SSSR count). The predicted molar refractivity (Wildman–Crippen MR) is 94.7 cm³/mol. The highest BCUT2D eigenvalue weighted by molar-refractivity contribution is 7.89. The zero-order chi connectivity index (χ0) is 19.1. The van der Waals surface area contributed by atoms with E-state index in [9.17, 15) is 17.6 Å². The first-order valence-corrected chi connectivity index (χ1v) is 10.2. The van der Waals surface area contributed by atoms with Gasteiger partial charge in [0.1, 0.15) is 11.9 Å². The third kappa shape index (κ3) is 3.50. The van der Waals surface area contributed by atoms with E-state index in [1.807, 2.05) is 0 Å². The summed E-state index contributed by atoms with van der Waals surface area (Å²) in [4.78, 5) is 13.6. The van der Waals surface area contributed by atoms with Crippen LogP contribution in [0.5, 0.6) is 0 Å². The molecule has 0 bridgehead atoms. The van der Waals surface area contributed by atoms with Gasteiger partial charge in [-0.15, -0.1) is 0 Å². The summed E-state index contributed by atoms with van der Waals surface area (Å²) >= 11 is 0. The SMILES string of the molecule is Cc1ccc(S(=O)(=O)N2CCC3(CCC(C(=O)N(C)C)O3)CC2)cc1F. The maximum absolute atomic E-state index is 13.8. The number of aryl methyl sites for hydroxylation is 1. The van der Waals surface area contributed by atoms with Crippen LogP contribution < -0.4 is 0 Å². The zero-order valence-electron chi connectivity index (χ0n) is 15.4. The quantitative estimate of drug-likeness (QED) is 0.799. The van der Waals surface area contributed by atoms with E-state index in [1.165, 1.54) is 21.3 Å². The molecule has 1 aromatic carbocycles. The van der Waals surface area contributed by atoms with Crippen molar-refractivity contribution in [2.24, 2.45) is 0 Å². The van der Waals surface area contributed by atoms with Gasteiger partial charge in [-0.05, 0) is 50.3 Å². The van der Waals surface area contributed by atoms with Gasteiger partial charge >= 0.3 is 0 Å². The summed E-state index contributed by atoms with van der Waals surface area (Å²) in [5.41, 5.74) is -0.0153. The van der Waals surface area contributed by atoms with Gasteiger partial charge in [0.15, 0.2) is 0 Å². The normalized spacial score (nSPS) is 23.3. The van der Waals surface area contributed by atoms with Crippen molar-refractivity contribution in [1.82, 2.24) is 9.21 Å². The second-order valence-electron chi connectivity index (χ2n) is 7.38. The Bertz CT molecular complexity index is 801. The number of rotatable bonds is 3. The minimum absolute atomic E-state index is 0.0236. The molecule has 144 valence electrons. The Kier molecular flexibility index (Phi) is 5.11. The minimum Gasteiger partial charge on any atom is -0.362 e. The first kappa shape index (κ1) is 19.3. The number of ether oxygens (including phenoxy) is 1. The first-order chi connectivity index (χ1) is 12.1. The van der Waals surface area contributed by atoms with Crippen molar-refractivity contribution in [2.45, 2.75) is 49.2 Å². The van der Waals surface area contributed by atoms with Crippen molar-refractivity contribution >= 4 is 15.9 Å². The van der Waals surface area contributed by atoms with E-state index in [0.29, 0.717) is 37.9 Å². The smallest absolute Gasteiger partial charge is 0.251 e. The van der Waals surface area contributed by atoms with Crippen LogP contribution in [-0.4, -0.2) is 62.4 Å². The highest BCUT2D eigenvalue weighted by Gasteiger charge is 2.46. The molecule has 0 aromatic heterocycles. The van der Waals surface area contributed by atoms with Crippen LogP contribution in [0.2, 0.25) is 0 Å². The van der Waals surface area contributed by atoms with Gasteiger partial charge in [0.05, 0.1) is 10.5 Å². The van der Waals surface area contributed by atoms with E-state index in [2.05, 4.69) is 0 Å². The lowest BCUT2D eigenvalue weighted by atomic mass is 9.89. The molecule has 2 aliphatic rings. The van der Waals surface area contributed by atoms with Gasteiger partial charge in [-0.25, -0.2) is 12.8 Å². The largest absolute Gasteiger partial charge is 0.362 e. The summed E-state index contributed by atoms with van der Waals surface area (Å²) in [5, 5.41) is 0. The molecule has 0 radical (unpaired) electrons. The van der Waals surface area contributed by atoms with Crippen LogP contribution in [0.3, 0.4) is 0 Å². The number of carbonyl (C=O) groups excluding carboxylic acids is 1. The van der Waals surface area contributed by atoms with Crippen LogP contribution in [0, 0.1) is 12.7 Å². The Morgan fingerprint density at radius 3 is 2.50 bits per heavy atom. The van der Waals surface area contributed by atoms with Crippen molar-refractivity contribution in [3.63, 3.8) is 0 Å². The molecule has 1 unspecified atom stereocenters. The molecule has 1 spiro atoms. The molecule has 8 heteroatoms. The monoisotopic (exact) mass is 384 g/mol. The number of piperidine rings is 1. The van der Waals surface area contributed by atoms with Gasteiger partial charge in [-0.2, -0.15) is 4.31 Å². The van der Waals surface area contributed by atoms with E-state index in [1.54, 1.807) is 21.0 Å². The molecule has 1 amide bonds. The summed E-state index contributed by atoms with van der Waals surface area (Å²) < 4.78 is 46.7. The fourth-order valence-corrected chi connectivity index (χ4v) is 5.11. The first-order valence-electron chi connectivity index (χ1n) is 8.80. The van der Waals surface area contributed by atoms with E-state index < -0.39 is 27.5 Å². The van der Waals surface area contributed by atoms with Gasteiger partial charge in [0.2, 0.25) is 10.0 Å². The average Bonchev–Trinajstić information content (AvgIpc) is 3.00. The Hall–Kier alpha value is -1.51. The number of carbonyl (C=O) groups is 1. The Balaban J connectivity index is 1.68. The molecule has 0 N–H and O–H groups in total. The molecule has 0 saturated carbocycles. The fourth-order valence-electron chi connectivity index (χ4n) is 3.66. The number of hydrogen-bond acceptors (Lipinski definition) is 4. The second-order valence-corrected chi connectivity index (χ2v) is 9.31. The zero-order valence-corrected chi connectivity index (χ0v) is 16.2. The van der Waals surface area contributed by atoms with Gasteiger partial charge in [-0.1, -0.05) is 6.07 Å². The van der Waals surface area contributed by atoms with E-state index in [0.717, 1.165) is 12.5 Å². The molecule has 1 aromatic rings. The summed E-state index contributed by atoms with van der Waals surface area (Å²) in [6.07, 6.45) is 2.05. The van der Waals surface area contributed by atoms with E-state index >= 15 is 0 Å². The van der Waals surface area contributed by atoms with E-state index in [-0.39, 0.29) is 10.8 Å². The number of halogens is 1. The summed E-state index contributed by atoms with van der Waals surface area (Å²) in [7, 11) is -0.326. The van der Waals surface area contributed by atoms with Gasteiger partial charge in [-0.3, -0.25) is 4.79 Å². The topological polar surface area (TPSA) is 66.9 Å². The average molecular weight is 384 g/mol. The minimum atomic E-state index is -3.73. The number of nitrogens with zero attached hydrogens (tertiary/aromatic N) is 2. The Morgan fingerprint density at radius 2 is 1.92 bits per heavy atom. The van der Waals surface area contributed by atoms with Crippen molar-refractivity contribution < 1.29 is 22.3 Å². The molecular weight excluding hydrogens is 359 g/mol. The molecule has 2 aliphatic heterocycles. The third-order valence-electron chi connectivity index (χ3n) is 5.39. The lowest BCUT2D eigenvalue weighted by molar-refractivity contribution is -0.147. The molecule has 0 aliphatic carbocycles. The highest BCUT2D eigenvalue weighted by atomic mass is 32.2. The number of likely N-dealkylation sites (N-methyl/N-ethyl adjacent to an activating group) is 1. The summed E-state index contributed by atoms with van der Waals surface area (Å²) in [5.74, 6) is -0.573. The maximum Gasteiger partial charge on any atom is 0.251 e. The van der Waals surface area contributed by atoms with Crippen LogP contribution in [0.4, 0.5) is 4.39 Å². The van der Waals surface area contributed by atoms with Crippen molar-refractivity contribution in [3.05, 3.63) is 29.6 Å². The summed E-state index contributed by atoms with van der Waals surface area (Å²) in [6, 6.07) is 3.99. The van der Waals surface area contributed by atoms with Crippen LogP contribution in [0.1, 0.15) is 31.2 Å². The number of amides is 1. The van der Waals surface area contributed by atoms with Gasteiger partial charge < -0.3 is 9.64 Å². The molecule has 6 nitrogen and oxygen atoms in total. The third-order valence-corrected chi connectivity index (χ3v) is 7.28. The standard InChI is InChI=1S/C18H25FN2O4S/c1-13-4-5-14(12-15(13)19)26(23,24)21-10-8-18(9-11-21)7-6-16(25-18)17(22)20(2)3/h4-5,12,16H,6-11H2,1-3H3. The lowest BCUT2D eigenvalue weighted by Crippen LogP contribution is -2.47. The summed E-state index contributed by atoms with van der Waals surface area (Å²) in [6.45, 7) is 2.21. The second kappa shape index (κ2) is 6.90. The molecule has 2 saturated heterocycles. The van der Waals surface area contributed by atoms with Crippen LogP contribution in [0.15, 0.2) is 23.1 Å². The molecule has 2 heterocycles. The fraction of sp³-hybridized carbons (Fsp3) is 0.611. The molecular formula is C18H25FN2O4S.